The maximum absolute atomic E-state index is 5.33. The molecule has 5 heteroatoms. The Bertz CT molecular complexity index is 1590. The standard InChI is InChI=1S/C30H23N3O2/c1-34-21-15-11-19(12-16-21)27-23-7-3-5-9-25(23)29(31-27)33-30-26-10-6-4-8-24(26)28(32-30)20-13-17-22(35-2)18-14-20/h3-18,31H,1-2H3/b33-30+. The monoisotopic (exact) mass is 457 g/mol. The van der Waals surface area contributed by atoms with Gasteiger partial charge in [-0.15, -0.1) is 0 Å². The summed E-state index contributed by atoms with van der Waals surface area (Å²) in [6, 6.07) is 32.5. The summed E-state index contributed by atoms with van der Waals surface area (Å²) < 4.78 is 10.6. The fourth-order valence-electron chi connectivity index (χ4n) is 4.51. The van der Waals surface area contributed by atoms with Crippen molar-refractivity contribution in [2.24, 2.45) is 9.98 Å². The Morgan fingerprint density at radius 2 is 1.20 bits per heavy atom. The molecule has 0 saturated carbocycles. The SMILES string of the molecule is COc1ccc(C2=N/C(=N/c3[nH]c(-c4ccc(OC)cc4)c4ccccc34)c3ccccc32)cc1. The molecule has 1 aliphatic rings. The van der Waals surface area contributed by atoms with Crippen LogP contribution >= 0.6 is 0 Å². The molecule has 0 fully saturated rings. The lowest BCUT2D eigenvalue weighted by Gasteiger charge is -2.04. The number of hydrogen-bond donors (Lipinski definition) is 1. The number of H-pyrrole nitrogens is 1. The third-order valence-electron chi connectivity index (χ3n) is 6.30. The number of aliphatic imine (C=N–C) groups is 2. The fraction of sp³-hybridized carbons (Fsp3) is 0.0667. The molecule has 0 radical (unpaired) electrons. The van der Waals surface area contributed by atoms with Crippen LogP contribution < -0.4 is 9.47 Å². The van der Waals surface area contributed by atoms with Gasteiger partial charge in [0.2, 0.25) is 0 Å². The van der Waals surface area contributed by atoms with Crippen LogP contribution in [0.5, 0.6) is 11.5 Å². The van der Waals surface area contributed by atoms with Crippen LogP contribution in [0.3, 0.4) is 0 Å². The summed E-state index contributed by atoms with van der Waals surface area (Å²) in [6.45, 7) is 0. The second-order valence-electron chi connectivity index (χ2n) is 8.29. The van der Waals surface area contributed by atoms with Gasteiger partial charge < -0.3 is 14.5 Å². The largest absolute Gasteiger partial charge is 0.497 e. The van der Waals surface area contributed by atoms with Crippen LogP contribution in [0.1, 0.15) is 16.7 Å². The van der Waals surface area contributed by atoms with Crippen molar-refractivity contribution in [3.05, 3.63) is 114 Å². The van der Waals surface area contributed by atoms with Crippen LogP contribution in [0.4, 0.5) is 5.82 Å². The molecule has 1 N–H and O–H groups in total. The number of rotatable bonds is 5. The van der Waals surface area contributed by atoms with Gasteiger partial charge in [-0.1, -0.05) is 48.5 Å². The van der Waals surface area contributed by atoms with Crippen molar-refractivity contribution in [2.75, 3.05) is 14.2 Å². The smallest absolute Gasteiger partial charge is 0.162 e. The Hall–Kier alpha value is -4.64. The molecule has 0 bridgehead atoms. The molecule has 0 atom stereocenters. The second-order valence-corrected chi connectivity index (χ2v) is 8.29. The van der Waals surface area contributed by atoms with Crippen molar-refractivity contribution in [1.82, 2.24) is 4.98 Å². The number of benzene rings is 4. The van der Waals surface area contributed by atoms with E-state index in [1.807, 2.05) is 60.7 Å². The minimum atomic E-state index is 0.694. The van der Waals surface area contributed by atoms with Crippen molar-refractivity contribution in [2.45, 2.75) is 0 Å². The van der Waals surface area contributed by atoms with Gasteiger partial charge in [0, 0.05) is 27.5 Å². The van der Waals surface area contributed by atoms with E-state index in [1.165, 1.54) is 0 Å². The van der Waals surface area contributed by atoms with Gasteiger partial charge in [0.25, 0.3) is 0 Å². The van der Waals surface area contributed by atoms with Gasteiger partial charge in [0.1, 0.15) is 17.3 Å². The molecular formula is C30H23N3O2. The fourth-order valence-corrected chi connectivity index (χ4v) is 4.51. The molecule has 170 valence electrons. The third-order valence-corrected chi connectivity index (χ3v) is 6.30. The zero-order chi connectivity index (χ0) is 23.8. The highest BCUT2D eigenvalue weighted by Crippen LogP contribution is 2.36. The molecule has 5 nitrogen and oxygen atoms in total. The van der Waals surface area contributed by atoms with Crippen molar-refractivity contribution < 1.29 is 9.47 Å². The molecule has 1 aliphatic heterocycles. The van der Waals surface area contributed by atoms with Gasteiger partial charge >= 0.3 is 0 Å². The van der Waals surface area contributed by atoms with Gasteiger partial charge in [-0.2, -0.15) is 0 Å². The Balaban J connectivity index is 1.49. The van der Waals surface area contributed by atoms with Crippen LogP contribution in [-0.2, 0) is 0 Å². The zero-order valence-electron chi connectivity index (χ0n) is 19.4. The zero-order valence-corrected chi connectivity index (χ0v) is 19.4. The molecule has 0 unspecified atom stereocenters. The van der Waals surface area contributed by atoms with Gasteiger partial charge in [-0.05, 0) is 54.1 Å². The van der Waals surface area contributed by atoms with E-state index in [9.17, 15) is 0 Å². The minimum Gasteiger partial charge on any atom is -0.497 e. The van der Waals surface area contributed by atoms with E-state index in [-0.39, 0.29) is 0 Å². The van der Waals surface area contributed by atoms with Crippen molar-refractivity contribution in [3.63, 3.8) is 0 Å². The Kier molecular flexibility index (Phi) is 5.15. The molecule has 6 rings (SSSR count). The first-order chi connectivity index (χ1) is 17.2. The molecule has 0 saturated heterocycles. The predicted molar refractivity (Wildman–Crippen MR) is 142 cm³/mol. The number of nitrogens with one attached hydrogen (secondary N) is 1. The summed E-state index contributed by atoms with van der Waals surface area (Å²) in [4.78, 5) is 13.6. The maximum atomic E-state index is 5.33. The van der Waals surface area contributed by atoms with E-state index in [2.05, 4.69) is 41.4 Å². The quantitative estimate of drug-likeness (QED) is 0.316. The maximum Gasteiger partial charge on any atom is 0.162 e. The average Bonchev–Trinajstić information content (AvgIpc) is 3.48. The van der Waals surface area contributed by atoms with Crippen LogP contribution in [0, 0.1) is 0 Å². The molecule has 0 aliphatic carbocycles. The number of nitrogens with zero attached hydrogens (tertiary/aromatic N) is 2. The number of amidine groups is 1. The Morgan fingerprint density at radius 1 is 0.629 bits per heavy atom. The molecular weight excluding hydrogens is 434 g/mol. The predicted octanol–water partition coefficient (Wildman–Crippen LogP) is 6.78. The second kappa shape index (κ2) is 8.61. The molecule has 4 aromatic carbocycles. The number of methoxy groups -OCH3 is 2. The van der Waals surface area contributed by atoms with Gasteiger partial charge in [0.15, 0.2) is 5.84 Å². The Labute approximate surface area is 203 Å². The van der Waals surface area contributed by atoms with E-state index in [0.29, 0.717) is 5.84 Å². The van der Waals surface area contributed by atoms with E-state index >= 15 is 0 Å². The van der Waals surface area contributed by atoms with Gasteiger partial charge in [-0.25, -0.2) is 9.98 Å². The summed E-state index contributed by atoms with van der Waals surface area (Å²) in [7, 11) is 3.34. The first-order valence-electron chi connectivity index (χ1n) is 11.4. The summed E-state index contributed by atoms with van der Waals surface area (Å²) in [5, 5.41) is 2.17. The van der Waals surface area contributed by atoms with Crippen LogP contribution in [0.25, 0.3) is 22.0 Å². The Morgan fingerprint density at radius 3 is 1.86 bits per heavy atom. The molecule has 35 heavy (non-hydrogen) atoms. The normalized spacial score (nSPS) is 13.7. The summed E-state index contributed by atoms with van der Waals surface area (Å²) >= 11 is 0. The van der Waals surface area contributed by atoms with Crippen molar-refractivity contribution >= 4 is 28.1 Å². The topological polar surface area (TPSA) is 59.0 Å². The lowest BCUT2D eigenvalue weighted by atomic mass is 10.00. The molecule has 1 aromatic heterocycles. The number of hydrogen-bond acceptors (Lipinski definition) is 3. The number of aromatic nitrogens is 1. The molecule has 2 heterocycles. The van der Waals surface area contributed by atoms with Gasteiger partial charge in [0.05, 0.1) is 25.6 Å². The van der Waals surface area contributed by atoms with Crippen LogP contribution in [-0.4, -0.2) is 30.8 Å². The van der Waals surface area contributed by atoms with Crippen LogP contribution in [0.15, 0.2) is 107 Å². The van der Waals surface area contributed by atoms with E-state index in [4.69, 9.17) is 19.5 Å². The molecule has 5 aromatic rings. The summed E-state index contributed by atoms with van der Waals surface area (Å²) in [6.07, 6.45) is 0. The highest BCUT2D eigenvalue weighted by atomic mass is 16.5. The molecule has 0 spiro atoms. The summed E-state index contributed by atoms with van der Waals surface area (Å²) in [5.74, 6) is 3.13. The lowest BCUT2D eigenvalue weighted by Crippen LogP contribution is -2.00. The van der Waals surface area contributed by atoms with Crippen molar-refractivity contribution in [3.8, 4) is 22.8 Å². The lowest BCUT2D eigenvalue weighted by molar-refractivity contribution is 0.414. The summed E-state index contributed by atoms with van der Waals surface area (Å²) in [5.41, 5.74) is 6.12. The van der Waals surface area contributed by atoms with E-state index in [0.717, 1.165) is 61.7 Å². The number of fused-ring (bicyclic) bond motifs is 2. The third kappa shape index (κ3) is 3.67. The van der Waals surface area contributed by atoms with E-state index < -0.39 is 0 Å². The van der Waals surface area contributed by atoms with Gasteiger partial charge in [-0.3, -0.25) is 0 Å². The first kappa shape index (κ1) is 20.9. The highest BCUT2D eigenvalue weighted by molar-refractivity contribution is 6.29. The highest BCUT2D eigenvalue weighted by Gasteiger charge is 2.23. The molecule has 0 amide bonds. The number of aromatic amines is 1. The van der Waals surface area contributed by atoms with Crippen LogP contribution in [0.2, 0.25) is 0 Å². The number of ether oxygens (including phenoxy) is 2. The van der Waals surface area contributed by atoms with E-state index in [1.54, 1.807) is 14.2 Å². The van der Waals surface area contributed by atoms with Crippen molar-refractivity contribution in [1.29, 1.82) is 0 Å². The first-order valence-corrected chi connectivity index (χ1v) is 11.4. The minimum absolute atomic E-state index is 0.694. The average molecular weight is 458 g/mol.